The third-order valence-corrected chi connectivity index (χ3v) is 3.95. The normalized spacial score (nSPS) is 12.6. The second kappa shape index (κ2) is 9.94. The highest BCUT2D eigenvalue weighted by Gasteiger charge is 2.14. The van der Waals surface area contributed by atoms with Crippen LogP contribution < -0.4 is 0 Å². The third-order valence-electron chi connectivity index (χ3n) is 3.95. The fourth-order valence-corrected chi connectivity index (χ4v) is 2.72. The van der Waals surface area contributed by atoms with Crippen molar-refractivity contribution in [1.82, 2.24) is 9.97 Å². The number of aryl methyl sites for hydroxylation is 1. The van der Waals surface area contributed by atoms with Crippen LogP contribution in [0.3, 0.4) is 0 Å². The summed E-state index contributed by atoms with van der Waals surface area (Å²) >= 11 is 0. The smallest absolute Gasteiger partial charge is 0.115 e. The van der Waals surface area contributed by atoms with Crippen molar-refractivity contribution in [3.05, 3.63) is 23.8 Å². The number of nitrogens with zero attached hydrogens (tertiary/aromatic N) is 2. The molecular weight excluding hydrogens is 232 g/mol. The van der Waals surface area contributed by atoms with Gasteiger partial charge in [0, 0.05) is 11.9 Å². The Morgan fingerprint density at radius 2 is 1.58 bits per heavy atom. The maximum absolute atomic E-state index is 4.36. The van der Waals surface area contributed by atoms with E-state index in [4.69, 9.17) is 0 Å². The molecule has 1 atom stereocenters. The minimum absolute atomic E-state index is 0.671. The van der Waals surface area contributed by atoms with Crippen LogP contribution in [0.5, 0.6) is 0 Å². The van der Waals surface area contributed by atoms with Gasteiger partial charge in [0.1, 0.15) is 6.33 Å². The molecule has 1 aromatic heterocycles. The molecule has 0 aliphatic rings. The van der Waals surface area contributed by atoms with Crippen molar-refractivity contribution in [2.75, 3.05) is 0 Å². The van der Waals surface area contributed by atoms with E-state index in [0.717, 1.165) is 0 Å². The van der Waals surface area contributed by atoms with Gasteiger partial charge in [-0.05, 0) is 31.2 Å². The monoisotopic (exact) mass is 262 g/mol. The first kappa shape index (κ1) is 16.1. The quantitative estimate of drug-likeness (QED) is 0.526. The number of unbranched alkanes of at least 4 members (excludes halogenated alkanes) is 5. The summed E-state index contributed by atoms with van der Waals surface area (Å²) < 4.78 is 0. The highest BCUT2D eigenvalue weighted by Crippen LogP contribution is 2.29. The van der Waals surface area contributed by atoms with Gasteiger partial charge in [0.25, 0.3) is 0 Å². The molecule has 108 valence electrons. The predicted octanol–water partition coefficient (Wildman–Crippen LogP) is 5.42. The fourth-order valence-electron chi connectivity index (χ4n) is 2.72. The first-order chi connectivity index (χ1) is 9.29. The van der Waals surface area contributed by atoms with Gasteiger partial charge in [-0.3, -0.25) is 0 Å². The zero-order valence-corrected chi connectivity index (χ0v) is 13.0. The van der Waals surface area contributed by atoms with Crippen molar-refractivity contribution in [3.8, 4) is 0 Å². The first-order valence-electron chi connectivity index (χ1n) is 8.06. The molecule has 0 amide bonds. The minimum atomic E-state index is 0.671. The van der Waals surface area contributed by atoms with Gasteiger partial charge in [-0.25, -0.2) is 9.97 Å². The van der Waals surface area contributed by atoms with E-state index in [2.05, 4.69) is 30.7 Å². The zero-order chi connectivity index (χ0) is 13.9. The molecule has 0 spiro atoms. The van der Waals surface area contributed by atoms with Crippen molar-refractivity contribution in [3.63, 3.8) is 0 Å². The van der Waals surface area contributed by atoms with E-state index in [0.29, 0.717) is 5.92 Å². The summed E-state index contributed by atoms with van der Waals surface area (Å²) in [7, 11) is 0. The van der Waals surface area contributed by atoms with Crippen LogP contribution in [0.2, 0.25) is 0 Å². The molecule has 0 aromatic carbocycles. The topological polar surface area (TPSA) is 25.8 Å². The number of rotatable bonds is 10. The molecule has 0 saturated carbocycles. The van der Waals surface area contributed by atoms with Gasteiger partial charge < -0.3 is 0 Å². The summed E-state index contributed by atoms with van der Waals surface area (Å²) in [5.41, 5.74) is 2.56. The maximum Gasteiger partial charge on any atom is 0.115 e. The van der Waals surface area contributed by atoms with Crippen LogP contribution in [-0.4, -0.2) is 9.97 Å². The van der Waals surface area contributed by atoms with Gasteiger partial charge in [-0.1, -0.05) is 58.8 Å². The number of hydrogen-bond donors (Lipinski definition) is 0. The Bertz CT molecular complexity index is 336. The Hall–Kier alpha value is -0.920. The lowest BCUT2D eigenvalue weighted by Crippen LogP contribution is -2.04. The van der Waals surface area contributed by atoms with Crippen LogP contribution in [0, 0.1) is 6.92 Å². The highest BCUT2D eigenvalue weighted by molar-refractivity contribution is 5.19. The molecule has 1 heterocycles. The zero-order valence-electron chi connectivity index (χ0n) is 13.0. The van der Waals surface area contributed by atoms with Crippen LogP contribution in [-0.2, 0) is 0 Å². The summed E-state index contributed by atoms with van der Waals surface area (Å²) in [4.78, 5) is 8.59. The Kier molecular flexibility index (Phi) is 8.44. The molecule has 0 N–H and O–H groups in total. The molecule has 2 heteroatoms. The van der Waals surface area contributed by atoms with Crippen LogP contribution in [0.25, 0.3) is 0 Å². The van der Waals surface area contributed by atoms with Crippen LogP contribution >= 0.6 is 0 Å². The summed E-state index contributed by atoms with van der Waals surface area (Å²) in [5, 5.41) is 0. The van der Waals surface area contributed by atoms with E-state index in [1.165, 1.54) is 69.0 Å². The predicted molar refractivity (Wildman–Crippen MR) is 82.4 cm³/mol. The second-order valence-electron chi connectivity index (χ2n) is 5.61. The molecule has 0 aliphatic carbocycles. The molecule has 0 aliphatic heterocycles. The van der Waals surface area contributed by atoms with Crippen LogP contribution in [0.4, 0.5) is 0 Å². The second-order valence-corrected chi connectivity index (χ2v) is 5.61. The van der Waals surface area contributed by atoms with E-state index in [9.17, 15) is 0 Å². The molecule has 0 fully saturated rings. The molecule has 0 bridgehead atoms. The standard InChI is InChI=1S/C17H30N2/c1-4-6-8-10-12-16(11-9-7-5-2)17-13-18-14-19-15(17)3/h13-14,16H,4-12H2,1-3H3. The van der Waals surface area contributed by atoms with Crippen LogP contribution in [0.15, 0.2) is 12.5 Å². The van der Waals surface area contributed by atoms with Gasteiger partial charge in [0.2, 0.25) is 0 Å². The molecule has 0 radical (unpaired) electrons. The number of hydrogen-bond acceptors (Lipinski definition) is 2. The van der Waals surface area contributed by atoms with Gasteiger partial charge in [0.15, 0.2) is 0 Å². The Labute approximate surface area is 119 Å². The molecule has 1 aromatic rings. The summed E-state index contributed by atoms with van der Waals surface area (Å²) in [6.45, 7) is 6.66. The molecule has 1 rings (SSSR count). The third kappa shape index (κ3) is 6.17. The number of aromatic nitrogens is 2. The Morgan fingerprint density at radius 3 is 2.21 bits per heavy atom. The molecule has 1 unspecified atom stereocenters. The van der Waals surface area contributed by atoms with E-state index in [1.807, 2.05) is 6.20 Å². The van der Waals surface area contributed by atoms with Gasteiger partial charge in [-0.2, -0.15) is 0 Å². The van der Waals surface area contributed by atoms with E-state index in [1.54, 1.807) is 6.33 Å². The summed E-state index contributed by atoms with van der Waals surface area (Å²) in [5.74, 6) is 0.671. The molecule has 0 saturated heterocycles. The van der Waals surface area contributed by atoms with Gasteiger partial charge >= 0.3 is 0 Å². The average molecular weight is 262 g/mol. The molecule has 2 nitrogen and oxygen atoms in total. The van der Waals surface area contributed by atoms with Crippen molar-refractivity contribution in [2.24, 2.45) is 0 Å². The van der Waals surface area contributed by atoms with Gasteiger partial charge in [-0.15, -0.1) is 0 Å². The SMILES string of the molecule is CCCCCCC(CCCCC)c1cncnc1C. The van der Waals surface area contributed by atoms with Crippen molar-refractivity contribution < 1.29 is 0 Å². The molecular formula is C17H30N2. The summed E-state index contributed by atoms with van der Waals surface area (Å²) in [6.07, 6.45) is 15.7. The van der Waals surface area contributed by atoms with E-state index in [-0.39, 0.29) is 0 Å². The minimum Gasteiger partial charge on any atom is -0.245 e. The Balaban J connectivity index is 2.55. The van der Waals surface area contributed by atoms with E-state index < -0.39 is 0 Å². The maximum atomic E-state index is 4.36. The largest absolute Gasteiger partial charge is 0.245 e. The lowest BCUT2D eigenvalue weighted by molar-refractivity contribution is 0.497. The average Bonchev–Trinajstić information content (AvgIpc) is 2.42. The fraction of sp³-hybridized carbons (Fsp3) is 0.765. The van der Waals surface area contributed by atoms with Crippen LogP contribution in [0.1, 0.15) is 88.8 Å². The van der Waals surface area contributed by atoms with Crippen molar-refractivity contribution >= 4 is 0 Å². The van der Waals surface area contributed by atoms with Gasteiger partial charge in [0.05, 0.1) is 0 Å². The van der Waals surface area contributed by atoms with Crippen molar-refractivity contribution in [1.29, 1.82) is 0 Å². The first-order valence-corrected chi connectivity index (χ1v) is 8.06. The lowest BCUT2D eigenvalue weighted by Gasteiger charge is -2.18. The Morgan fingerprint density at radius 1 is 0.947 bits per heavy atom. The summed E-state index contributed by atoms with van der Waals surface area (Å²) in [6, 6.07) is 0. The van der Waals surface area contributed by atoms with E-state index >= 15 is 0 Å². The lowest BCUT2D eigenvalue weighted by atomic mass is 9.88. The molecule has 19 heavy (non-hydrogen) atoms. The highest BCUT2D eigenvalue weighted by atomic mass is 14.8. The van der Waals surface area contributed by atoms with Crippen molar-refractivity contribution in [2.45, 2.75) is 84.5 Å².